The van der Waals surface area contributed by atoms with Gasteiger partial charge in [-0.2, -0.15) is 4.98 Å². The van der Waals surface area contributed by atoms with E-state index in [1.165, 1.54) is 16.8 Å². The maximum absolute atomic E-state index is 11.9. The molecule has 2 N–H and O–H groups in total. The van der Waals surface area contributed by atoms with Crippen molar-refractivity contribution in [2.75, 3.05) is 18.5 Å². The van der Waals surface area contributed by atoms with E-state index in [1.807, 2.05) is 0 Å². The topological polar surface area (TPSA) is 103 Å². The predicted molar refractivity (Wildman–Crippen MR) is 69.4 cm³/mol. The van der Waals surface area contributed by atoms with Crippen LogP contribution in [0.15, 0.2) is 17.1 Å². The number of nitrogens with one attached hydrogen (secondary N) is 1. The third kappa shape index (κ3) is 3.34. The molecule has 0 spiro atoms. The first-order valence-corrected chi connectivity index (χ1v) is 6.43. The summed E-state index contributed by atoms with van der Waals surface area (Å²) >= 11 is 0. The van der Waals surface area contributed by atoms with Crippen LogP contribution in [0, 0.1) is 0 Å². The van der Waals surface area contributed by atoms with E-state index < -0.39 is 18.0 Å². The van der Waals surface area contributed by atoms with Gasteiger partial charge >= 0.3 is 11.8 Å². The molecule has 2 atom stereocenters. The second kappa shape index (κ2) is 6.49. The molecule has 1 aliphatic heterocycles. The number of anilines is 1. The number of ether oxygens (including phenoxy) is 2. The monoisotopic (exact) mass is 283 g/mol. The Labute approximate surface area is 115 Å². The summed E-state index contributed by atoms with van der Waals surface area (Å²) in [4.78, 5) is 26.8. The van der Waals surface area contributed by atoms with Crippen LogP contribution in [0.3, 0.4) is 0 Å². The lowest BCUT2D eigenvalue weighted by atomic mass is 10.2. The predicted octanol–water partition coefficient (Wildman–Crippen LogP) is 0.482. The lowest BCUT2D eigenvalue weighted by molar-refractivity contribution is -0.0245. The summed E-state index contributed by atoms with van der Waals surface area (Å²) < 4.78 is 11.5. The van der Waals surface area contributed by atoms with E-state index >= 15 is 0 Å². The molecule has 2 rings (SSSR count). The van der Waals surface area contributed by atoms with Crippen LogP contribution in [0.25, 0.3) is 0 Å². The quantitative estimate of drug-likeness (QED) is 0.833. The number of hydrogen-bond acceptors (Lipinski definition) is 6. The van der Waals surface area contributed by atoms with Crippen LogP contribution >= 0.6 is 0 Å². The number of amides is 1. The van der Waals surface area contributed by atoms with Crippen LogP contribution < -0.4 is 11.0 Å². The second-order valence-electron chi connectivity index (χ2n) is 4.32. The highest BCUT2D eigenvalue weighted by molar-refractivity contribution is 5.83. The Bertz CT molecular complexity index is 530. The van der Waals surface area contributed by atoms with Crippen molar-refractivity contribution in [1.82, 2.24) is 9.55 Å². The zero-order valence-corrected chi connectivity index (χ0v) is 11.1. The highest BCUT2D eigenvalue weighted by Gasteiger charge is 2.26. The zero-order valence-electron chi connectivity index (χ0n) is 11.1. The van der Waals surface area contributed by atoms with Gasteiger partial charge < -0.3 is 14.6 Å². The lowest BCUT2D eigenvalue weighted by Crippen LogP contribution is -2.28. The smallest absolute Gasteiger partial charge is 0.412 e. The Morgan fingerprint density at radius 2 is 2.45 bits per heavy atom. The summed E-state index contributed by atoms with van der Waals surface area (Å²) in [6, 6.07) is 1.49. The number of carbonyl (C=O) groups is 1. The molecule has 8 heteroatoms. The van der Waals surface area contributed by atoms with Gasteiger partial charge in [-0.15, -0.1) is 0 Å². The van der Waals surface area contributed by atoms with Crippen molar-refractivity contribution < 1.29 is 19.4 Å². The summed E-state index contributed by atoms with van der Waals surface area (Å²) in [5.41, 5.74) is -0.525. The third-order valence-electron chi connectivity index (χ3n) is 2.93. The van der Waals surface area contributed by atoms with Crippen molar-refractivity contribution in [2.45, 2.75) is 32.1 Å². The van der Waals surface area contributed by atoms with Crippen LogP contribution in [0.5, 0.6) is 0 Å². The first-order valence-electron chi connectivity index (χ1n) is 6.43. The minimum atomic E-state index is -0.658. The Kier molecular flexibility index (Phi) is 4.70. The SMILES string of the molecule is CCOC(=O)Nc1ccn([C@H]2CC[C@@H](CO)O2)c(=O)n1. The van der Waals surface area contributed by atoms with Crippen LogP contribution in [0.2, 0.25) is 0 Å². The number of nitrogens with zero attached hydrogens (tertiary/aromatic N) is 2. The molecular formula is C12H17N3O5. The molecule has 8 nitrogen and oxygen atoms in total. The molecule has 1 amide bonds. The molecular weight excluding hydrogens is 266 g/mol. The molecule has 1 aromatic rings. The number of hydrogen-bond donors (Lipinski definition) is 2. The van der Waals surface area contributed by atoms with Crippen LogP contribution in [0.1, 0.15) is 26.0 Å². The average molecular weight is 283 g/mol. The molecule has 1 saturated heterocycles. The van der Waals surface area contributed by atoms with E-state index in [-0.39, 0.29) is 25.1 Å². The van der Waals surface area contributed by atoms with Crippen molar-refractivity contribution in [3.63, 3.8) is 0 Å². The molecule has 0 saturated carbocycles. The van der Waals surface area contributed by atoms with Gasteiger partial charge in [-0.25, -0.2) is 9.59 Å². The van der Waals surface area contributed by atoms with Gasteiger partial charge in [0.25, 0.3) is 0 Å². The molecule has 0 radical (unpaired) electrons. The summed E-state index contributed by atoms with van der Waals surface area (Å²) in [6.07, 6.45) is 1.50. The molecule has 110 valence electrons. The minimum Gasteiger partial charge on any atom is -0.450 e. The van der Waals surface area contributed by atoms with Gasteiger partial charge in [-0.3, -0.25) is 9.88 Å². The molecule has 1 aromatic heterocycles. The molecule has 0 aliphatic carbocycles. The van der Waals surface area contributed by atoms with Crippen molar-refractivity contribution >= 4 is 11.9 Å². The standard InChI is InChI=1S/C12H17N3O5/c1-2-19-12(18)14-9-5-6-15(11(17)13-9)10-4-3-8(7-16)20-10/h5-6,8,10,16H,2-4,7H2,1H3,(H,13,14,17,18)/t8-,10+/m0/s1. The summed E-state index contributed by atoms with van der Waals surface area (Å²) in [5.74, 6) is 0.126. The molecule has 0 aromatic carbocycles. The first kappa shape index (κ1) is 14.5. The van der Waals surface area contributed by atoms with Crippen LogP contribution in [0.4, 0.5) is 10.6 Å². The van der Waals surface area contributed by atoms with Gasteiger partial charge in [-0.1, -0.05) is 0 Å². The average Bonchev–Trinajstić information content (AvgIpc) is 2.87. The fraction of sp³-hybridized carbons (Fsp3) is 0.583. The molecule has 0 unspecified atom stereocenters. The lowest BCUT2D eigenvalue weighted by Gasteiger charge is -2.14. The Morgan fingerprint density at radius 1 is 1.65 bits per heavy atom. The van der Waals surface area contributed by atoms with Crippen molar-refractivity contribution in [1.29, 1.82) is 0 Å². The van der Waals surface area contributed by atoms with E-state index in [1.54, 1.807) is 6.92 Å². The Morgan fingerprint density at radius 3 is 3.05 bits per heavy atom. The maximum atomic E-state index is 11.9. The van der Waals surface area contributed by atoms with E-state index in [0.717, 1.165) is 0 Å². The highest BCUT2D eigenvalue weighted by Crippen LogP contribution is 2.26. The molecule has 2 heterocycles. The fourth-order valence-electron chi connectivity index (χ4n) is 2.00. The van der Waals surface area contributed by atoms with E-state index in [0.29, 0.717) is 12.8 Å². The van der Waals surface area contributed by atoms with Gasteiger partial charge in [0.2, 0.25) is 0 Å². The molecule has 1 fully saturated rings. The van der Waals surface area contributed by atoms with Crippen LogP contribution in [-0.2, 0) is 9.47 Å². The fourth-order valence-corrected chi connectivity index (χ4v) is 2.00. The Balaban J connectivity index is 2.07. The zero-order chi connectivity index (χ0) is 14.5. The molecule has 1 aliphatic rings. The summed E-state index contributed by atoms with van der Waals surface area (Å²) in [6.45, 7) is 1.85. The molecule has 20 heavy (non-hydrogen) atoms. The summed E-state index contributed by atoms with van der Waals surface area (Å²) in [7, 11) is 0. The van der Waals surface area contributed by atoms with Gasteiger partial charge in [0.15, 0.2) is 0 Å². The number of aliphatic hydroxyl groups is 1. The Hall–Kier alpha value is -1.93. The third-order valence-corrected chi connectivity index (χ3v) is 2.93. The van der Waals surface area contributed by atoms with Crippen molar-refractivity contribution in [3.05, 3.63) is 22.7 Å². The number of aromatic nitrogens is 2. The normalized spacial score (nSPS) is 21.7. The van der Waals surface area contributed by atoms with Crippen molar-refractivity contribution in [2.24, 2.45) is 0 Å². The van der Waals surface area contributed by atoms with E-state index in [9.17, 15) is 9.59 Å². The van der Waals surface area contributed by atoms with Gasteiger partial charge in [0.05, 0.1) is 19.3 Å². The molecule has 0 bridgehead atoms. The highest BCUT2D eigenvalue weighted by atomic mass is 16.5. The van der Waals surface area contributed by atoms with Crippen molar-refractivity contribution in [3.8, 4) is 0 Å². The number of carbonyl (C=O) groups excluding carboxylic acids is 1. The van der Waals surface area contributed by atoms with E-state index in [4.69, 9.17) is 14.6 Å². The van der Waals surface area contributed by atoms with Gasteiger partial charge in [0.1, 0.15) is 12.0 Å². The van der Waals surface area contributed by atoms with Crippen LogP contribution in [-0.4, -0.2) is 40.1 Å². The largest absolute Gasteiger partial charge is 0.450 e. The second-order valence-corrected chi connectivity index (χ2v) is 4.32. The van der Waals surface area contributed by atoms with Gasteiger partial charge in [0, 0.05) is 6.20 Å². The number of rotatable bonds is 4. The minimum absolute atomic E-state index is 0.0683. The summed E-state index contributed by atoms with van der Waals surface area (Å²) in [5, 5.41) is 11.4. The number of aliphatic hydroxyl groups excluding tert-OH is 1. The maximum Gasteiger partial charge on any atom is 0.412 e. The first-order chi connectivity index (χ1) is 9.63. The van der Waals surface area contributed by atoms with E-state index in [2.05, 4.69) is 10.3 Å². The van der Waals surface area contributed by atoms with Gasteiger partial charge in [-0.05, 0) is 25.8 Å².